The zero-order valence-electron chi connectivity index (χ0n) is 9.18. The second-order valence-corrected chi connectivity index (χ2v) is 4.58. The van der Waals surface area contributed by atoms with E-state index in [9.17, 15) is 0 Å². The number of rotatable bonds is 3. The molecular weight excluding hydrogens is 204 g/mol. The van der Waals surface area contributed by atoms with Crippen LogP contribution >= 0.6 is 11.8 Å². The van der Waals surface area contributed by atoms with Crippen LogP contribution in [0.3, 0.4) is 0 Å². The van der Waals surface area contributed by atoms with Gasteiger partial charge in [0.25, 0.3) is 0 Å². The minimum Gasteiger partial charge on any atom is -0.274 e. The van der Waals surface area contributed by atoms with Gasteiger partial charge in [-0.05, 0) is 19.2 Å². The molecule has 1 unspecified atom stereocenters. The minimum atomic E-state index is 0.259. The van der Waals surface area contributed by atoms with E-state index < -0.39 is 0 Å². The molecule has 0 saturated heterocycles. The van der Waals surface area contributed by atoms with Gasteiger partial charge < -0.3 is 0 Å². The van der Waals surface area contributed by atoms with Crippen molar-refractivity contribution in [3.05, 3.63) is 29.8 Å². The molecule has 1 atom stereocenters. The lowest BCUT2D eigenvalue weighted by atomic mass is 10.2. The highest BCUT2D eigenvalue weighted by molar-refractivity contribution is 8.00. The van der Waals surface area contributed by atoms with Gasteiger partial charge in [-0.3, -0.25) is 9.89 Å². The van der Waals surface area contributed by atoms with Crippen molar-refractivity contribution in [2.75, 3.05) is 13.1 Å². The Morgan fingerprint density at radius 2 is 2.00 bits per heavy atom. The zero-order valence-corrected chi connectivity index (χ0v) is 10.00. The van der Waals surface area contributed by atoms with Crippen LogP contribution in [-0.2, 0) is 0 Å². The van der Waals surface area contributed by atoms with E-state index in [2.05, 4.69) is 48.0 Å². The Morgan fingerprint density at radius 1 is 1.27 bits per heavy atom. The van der Waals surface area contributed by atoms with Gasteiger partial charge in [0.05, 0.1) is 0 Å². The van der Waals surface area contributed by atoms with E-state index in [-0.39, 0.29) is 5.50 Å². The second-order valence-electron chi connectivity index (χ2n) is 3.48. The van der Waals surface area contributed by atoms with Crippen LogP contribution in [0, 0.1) is 0 Å². The van der Waals surface area contributed by atoms with Gasteiger partial charge >= 0.3 is 0 Å². The van der Waals surface area contributed by atoms with Crippen LogP contribution in [-0.4, -0.2) is 29.7 Å². The molecule has 0 aromatic heterocycles. The van der Waals surface area contributed by atoms with Gasteiger partial charge in [0, 0.05) is 16.7 Å². The minimum absolute atomic E-state index is 0.259. The third kappa shape index (κ3) is 2.24. The molecule has 2 rings (SSSR count). The fourth-order valence-corrected chi connectivity index (χ4v) is 2.90. The van der Waals surface area contributed by atoms with Gasteiger partial charge in [0.15, 0.2) is 5.50 Å². The van der Waals surface area contributed by atoms with Crippen LogP contribution in [0.4, 0.5) is 0 Å². The Kier molecular flexibility index (Phi) is 3.44. The molecule has 0 bridgehead atoms. The van der Waals surface area contributed by atoms with Crippen LogP contribution in [0.2, 0.25) is 0 Å². The van der Waals surface area contributed by atoms with E-state index in [1.807, 2.05) is 18.0 Å². The Hall–Kier alpha value is -0.800. The lowest BCUT2D eigenvalue weighted by molar-refractivity contribution is 0.290. The quantitative estimate of drug-likeness (QED) is 0.778. The molecule has 1 aliphatic rings. The molecule has 0 aliphatic carbocycles. The molecular formula is C12H16N2S. The van der Waals surface area contributed by atoms with Gasteiger partial charge in [0.1, 0.15) is 0 Å². The molecule has 1 aliphatic heterocycles. The number of benzene rings is 1. The first-order valence-corrected chi connectivity index (χ1v) is 6.26. The van der Waals surface area contributed by atoms with Crippen LogP contribution in [0.15, 0.2) is 34.2 Å². The summed E-state index contributed by atoms with van der Waals surface area (Å²) in [6, 6.07) is 8.43. The highest BCUT2D eigenvalue weighted by Crippen LogP contribution is 2.31. The summed E-state index contributed by atoms with van der Waals surface area (Å²) in [5.74, 6) is 0. The standard InChI is InChI=1S/C12H16N2S/c1-3-14(4-2)12-13-9-10-7-5-6-8-11(10)15-12/h5-9,12H,3-4H2,1-2H3. The molecule has 0 amide bonds. The van der Waals surface area contributed by atoms with Gasteiger partial charge in [-0.25, -0.2) is 0 Å². The highest BCUT2D eigenvalue weighted by Gasteiger charge is 2.19. The van der Waals surface area contributed by atoms with Crippen molar-refractivity contribution in [1.82, 2.24) is 4.90 Å². The summed E-state index contributed by atoms with van der Waals surface area (Å²) in [5, 5.41) is 0. The SMILES string of the molecule is CCN(CC)C1N=Cc2ccccc2S1. The molecule has 80 valence electrons. The number of nitrogens with zero attached hydrogens (tertiary/aromatic N) is 2. The normalized spacial score (nSPS) is 19.3. The fourth-order valence-electron chi connectivity index (χ4n) is 1.69. The Balaban J connectivity index is 2.18. The lowest BCUT2D eigenvalue weighted by Gasteiger charge is -2.28. The van der Waals surface area contributed by atoms with E-state index in [1.165, 1.54) is 10.5 Å². The Labute approximate surface area is 95.4 Å². The molecule has 0 N–H and O–H groups in total. The number of hydrogen-bond acceptors (Lipinski definition) is 3. The topological polar surface area (TPSA) is 15.6 Å². The number of thioether (sulfide) groups is 1. The van der Waals surface area contributed by atoms with Gasteiger partial charge in [-0.2, -0.15) is 0 Å². The second kappa shape index (κ2) is 4.81. The predicted octanol–water partition coefficient (Wildman–Crippen LogP) is 2.84. The van der Waals surface area contributed by atoms with Crippen molar-refractivity contribution in [2.45, 2.75) is 24.2 Å². The monoisotopic (exact) mass is 220 g/mol. The number of hydrogen-bond donors (Lipinski definition) is 0. The summed E-state index contributed by atoms with van der Waals surface area (Å²) in [6.07, 6.45) is 1.99. The maximum absolute atomic E-state index is 4.58. The number of aliphatic imine (C=N–C) groups is 1. The first-order valence-electron chi connectivity index (χ1n) is 5.38. The third-order valence-electron chi connectivity index (χ3n) is 2.62. The molecule has 1 aromatic carbocycles. The maximum atomic E-state index is 4.58. The van der Waals surface area contributed by atoms with Crippen molar-refractivity contribution in [2.24, 2.45) is 4.99 Å². The zero-order chi connectivity index (χ0) is 10.7. The van der Waals surface area contributed by atoms with Crippen molar-refractivity contribution < 1.29 is 0 Å². The maximum Gasteiger partial charge on any atom is 0.153 e. The summed E-state index contributed by atoms with van der Waals surface area (Å²) in [5.41, 5.74) is 1.50. The molecule has 1 heterocycles. The van der Waals surface area contributed by atoms with Gasteiger partial charge in [-0.15, -0.1) is 0 Å². The van der Waals surface area contributed by atoms with Crippen molar-refractivity contribution in [1.29, 1.82) is 0 Å². The average Bonchev–Trinajstić information content (AvgIpc) is 2.30. The van der Waals surface area contributed by atoms with E-state index >= 15 is 0 Å². The summed E-state index contributed by atoms with van der Waals surface area (Å²) < 4.78 is 0. The molecule has 1 aromatic rings. The van der Waals surface area contributed by atoms with Crippen LogP contribution in [0.5, 0.6) is 0 Å². The first kappa shape index (κ1) is 10.7. The molecule has 2 nitrogen and oxygen atoms in total. The van der Waals surface area contributed by atoms with Gasteiger partial charge in [-0.1, -0.05) is 43.8 Å². The number of fused-ring (bicyclic) bond motifs is 1. The van der Waals surface area contributed by atoms with E-state index in [1.54, 1.807) is 0 Å². The van der Waals surface area contributed by atoms with Crippen LogP contribution < -0.4 is 0 Å². The van der Waals surface area contributed by atoms with Crippen molar-refractivity contribution in [3.63, 3.8) is 0 Å². The van der Waals surface area contributed by atoms with Gasteiger partial charge in [0.2, 0.25) is 0 Å². The van der Waals surface area contributed by atoms with Crippen molar-refractivity contribution in [3.8, 4) is 0 Å². The molecule has 3 heteroatoms. The summed E-state index contributed by atoms with van der Waals surface area (Å²) in [7, 11) is 0. The lowest BCUT2D eigenvalue weighted by Crippen LogP contribution is -2.32. The highest BCUT2D eigenvalue weighted by atomic mass is 32.2. The first-order chi connectivity index (χ1) is 7.35. The third-order valence-corrected chi connectivity index (χ3v) is 3.87. The molecule has 0 spiro atoms. The predicted molar refractivity (Wildman–Crippen MR) is 66.6 cm³/mol. The summed E-state index contributed by atoms with van der Waals surface area (Å²) in [6.45, 7) is 6.46. The molecule has 0 saturated carbocycles. The summed E-state index contributed by atoms with van der Waals surface area (Å²) in [4.78, 5) is 8.27. The summed E-state index contributed by atoms with van der Waals surface area (Å²) >= 11 is 1.84. The largest absolute Gasteiger partial charge is 0.274 e. The van der Waals surface area contributed by atoms with E-state index in [0.29, 0.717) is 0 Å². The molecule has 0 radical (unpaired) electrons. The molecule has 0 fully saturated rings. The fraction of sp³-hybridized carbons (Fsp3) is 0.417. The van der Waals surface area contributed by atoms with E-state index in [0.717, 1.165) is 13.1 Å². The van der Waals surface area contributed by atoms with Crippen molar-refractivity contribution >= 4 is 18.0 Å². The Morgan fingerprint density at radius 3 is 2.73 bits per heavy atom. The average molecular weight is 220 g/mol. The van der Waals surface area contributed by atoms with Crippen LogP contribution in [0.1, 0.15) is 19.4 Å². The smallest absolute Gasteiger partial charge is 0.153 e. The Bertz CT molecular complexity index is 358. The van der Waals surface area contributed by atoms with E-state index in [4.69, 9.17) is 0 Å². The van der Waals surface area contributed by atoms with Crippen LogP contribution in [0.25, 0.3) is 0 Å². The molecule has 15 heavy (non-hydrogen) atoms.